The lowest BCUT2D eigenvalue weighted by Crippen LogP contribution is -2.53. The number of nitrogens with zero attached hydrogens (tertiary/aromatic N) is 2. The van der Waals surface area contributed by atoms with E-state index >= 15 is 9.59 Å². The number of hydrogen-bond donors (Lipinski definition) is 1. The Morgan fingerprint density at radius 1 is 0.710 bits per heavy atom. The molecule has 308 valence electrons. The van der Waals surface area contributed by atoms with Crippen LogP contribution < -0.4 is 19.3 Å². The molecular weight excluding hydrogens is 800 g/mol. The zero-order valence-corrected chi connectivity index (χ0v) is 34.7. The maximum Gasteiger partial charge on any atom is 0.246 e. The van der Waals surface area contributed by atoms with Gasteiger partial charge in [0.05, 0.1) is 48.8 Å². The molecule has 0 bridgehead atoms. The van der Waals surface area contributed by atoms with Crippen LogP contribution in [-0.4, -0.2) is 43.0 Å². The van der Waals surface area contributed by atoms with Crippen molar-refractivity contribution in [3.05, 3.63) is 172 Å². The molecule has 4 aliphatic rings. The number of anilines is 2. The first-order valence-corrected chi connectivity index (χ1v) is 21.0. The quantitative estimate of drug-likeness (QED) is 0.0923. The van der Waals surface area contributed by atoms with Crippen LogP contribution in [0, 0.1) is 23.7 Å². The minimum atomic E-state index is -1.51. The molecule has 1 saturated carbocycles. The fraction of sp³-hybridized carbons (Fsp3) is 0.192. The van der Waals surface area contributed by atoms with Crippen molar-refractivity contribution >= 4 is 69.5 Å². The summed E-state index contributed by atoms with van der Waals surface area (Å²) in [5, 5.41) is 14.1. The van der Waals surface area contributed by atoms with Crippen molar-refractivity contribution in [3.8, 4) is 17.2 Å². The van der Waals surface area contributed by atoms with Crippen LogP contribution in [-0.2, 0) is 24.6 Å². The standard InChI is InChI=1S/C52H41ClN2O7/c1-61-37-22-26-44(62-2)32(27-37)18-15-30-16-20-35(21-17-30)54-48(57)40-25-24-39-42(45(40)50(54)59)29-43-49(58)55(36-13-8-12-34(53)28-36)51(60)52(43,33-10-4-3-5-11-33)46(39)41-23-19-31-9-6-7-14-38(31)47(41)56/h3-24,26-28,40,42-43,45-46,56H,25,29H2,1-2H3/t40-,42+,43-,45-,46+,52+/m0/s1. The Bertz CT molecular complexity index is 2890. The molecule has 2 aliphatic carbocycles. The van der Waals surface area contributed by atoms with Crippen molar-refractivity contribution in [2.45, 2.75) is 24.2 Å². The Morgan fingerprint density at radius 2 is 1.48 bits per heavy atom. The number of rotatable bonds is 8. The van der Waals surface area contributed by atoms with Gasteiger partial charge < -0.3 is 14.6 Å². The van der Waals surface area contributed by atoms with E-state index in [1.54, 1.807) is 50.6 Å². The number of carbonyl (C=O) groups is 4. The number of benzene rings is 6. The molecule has 2 heterocycles. The number of hydrogen-bond acceptors (Lipinski definition) is 7. The number of amides is 4. The van der Waals surface area contributed by atoms with Gasteiger partial charge in [-0.25, -0.2) is 4.90 Å². The Balaban J connectivity index is 1.08. The molecule has 6 atom stereocenters. The maximum atomic E-state index is 15.6. The van der Waals surface area contributed by atoms with Crippen LogP contribution in [0.15, 0.2) is 145 Å². The van der Waals surface area contributed by atoms with Crippen LogP contribution in [0.2, 0.25) is 5.02 Å². The zero-order chi connectivity index (χ0) is 42.9. The van der Waals surface area contributed by atoms with Crippen LogP contribution in [0.25, 0.3) is 22.9 Å². The molecule has 9 nitrogen and oxygen atoms in total. The average Bonchev–Trinajstić information content (AvgIpc) is 3.69. The molecule has 0 spiro atoms. The van der Waals surface area contributed by atoms with E-state index in [1.165, 1.54) is 9.80 Å². The molecule has 10 rings (SSSR count). The Labute approximate surface area is 363 Å². The molecule has 62 heavy (non-hydrogen) atoms. The second kappa shape index (κ2) is 15.2. The Morgan fingerprint density at radius 3 is 2.24 bits per heavy atom. The van der Waals surface area contributed by atoms with E-state index in [0.29, 0.717) is 44.4 Å². The lowest BCUT2D eigenvalue weighted by atomic mass is 9.49. The van der Waals surface area contributed by atoms with Crippen LogP contribution in [0.3, 0.4) is 0 Å². The summed E-state index contributed by atoms with van der Waals surface area (Å²) in [6.45, 7) is 0. The highest BCUT2D eigenvalue weighted by molar-refractivity contribution is 6.32. The van der Waals surface area contributed by atoms with Gasteiger partial charge in [0.25, 0.3) is 0 Å². The molecular formula is C52H41ClN2O7. The van der Waals surface area contributed by atoms with Crippen LogP contribution in [0.5, 0.6) is 17.2 Å². The SMILES string of the molecule is COc1ccc(OC)c(C=Cc2ccc(N3C(=O)[C@H]4[C@H](CC=C5[C@H]4C[C@H]4C(=O)N(c6cccc(Cl)c6)C(=O)[C@@]4(c4ccccc4)[C@H]5c4ccc5ccccc5c4O)C3=O)cc2)c1. The summed E-state index contributed by atoms with van der Waals surface area (Å²) >= 11 is 6.47. The average molecular weight is 841 g/mol. The van der Waals surface area contributed by atoms with Crippen molar-refractivity contribution in [2.24, 2.45) is 23.7 Å². The lowest BCUT2D eigenvalue weighted by Gasteiger charge is -2.50. The van der Waals surface area contributed by atoms with Crippen LogP contribution in [0.4, 0.5) is 11.4 Å². The molecule has 0 unspecified atom stereocenters. The normalized spacial score (nSPS) is 24.3. The van der Waals surface area contributed by atoms with Crippen molar-refractivity contribution in [3.63, 3.8) is 0 Å². The Hall–Kier alpha value is -6.97. The highest BCUT2D eigenvalue weighted by Gasteiger charge is 2.70. The number of carbonyl (C=O) groups excluding carboxylic acids is 4. The predicted octanol–water partition coefficient (Wildman–Crippen LogP) is 9.75. The molecule has 3 fully saturated rings. The summed E-state index contributed by atoms with van der Waals surface area (Å²) in [4.78, 5) is 62.7. The van der Waals surface area contributed by atoms with Gasteiger partial charge in [-0.3, -0.25) is 24.1 Å². The highest BCUT2D eigenvalue weighted by Crippen LogP contribution is 2.65. The number of ether oxygens (including phenoxy) is 2. The summed E-state index contributed by atoms with van der Waals surface area (Å²) < 4.78 is 10.9. The van der Waals surface area contributed by atoms with Crippen molar-refractivity contribution in [2.75, 3.05) is 24.0 Å². The molecule has 1 N–H and O–H groups in total. The van der Waals surface area contributed by atoms with Gasteiger partial charge in [0.2, 0.25) is 23.6 Å². The van der Waals surface area contributed by atoms with Gasteiger partial charge in [-0.05, 0) is 83.8 Å². The number of fused-ring (bicyclic) bond motifs is 5. The van der Waals surface area contributed by atoms with Crippen molar-refractivity contribution < 1.29 is 33.8 Å². The number of methoxy groups -OCH3 is 2. The fourth-order valence-electron chi connectivity index (χ4n) is 10.7. The van der Waals surface area contributed by atoms with Crippen LogP contribution >= 0.6 is 11.6 Å². The van der Waals surface area contributed by atoms with Gasteiger partial charge >= 0.3 is 0 Å². The van der Waals surface area contributed by atoms with Gasteiger partial charge in [0, 0.05) is 27.5 Å². The molecule has 10 heteroatoms. The zero-order valence-electron chi connectivity index (χ0n) is 33.9. The summed E-state index contributed by atoms with van der Waals surface area (Å²) in [7, 11) is 3.21. The van der Waals surface area contributed by atoms with Crippen molar-refractivity contribution in [1.29, 1.82) is 0 Å². The monoisotopic (exact) mass is 840 g/mol. The predicted molar refractivity (Wildman–Crippen MR) is 239 cm³/mol. The largest absolute Gasteiger partial charge is 0.507 e. The third kappa shape index (κ3) is 5.90. The van der Waals surface area contributed by atoms with Gasteiger partial charge in [0.15, 0.2) is 0 Å². The molecule has 2 aliphatic heterocycles. The number of aromatic hydroxyl groups is 1. The number of halogens is 1. The van der Waals surface area contributed by atoms with E-state index in [-0.39, 0.29) is 30.4 Å². The van der Waals surface area contributed by atoms with Crippen LogP contribution in [0.1, 0.15) is 41.0 Å². The summed E-state index contributed by atoms with van der Waals surface area (Å²) in [6.07, 6.45) is 6.22. The topological polar surface area (TPSA) is 113 Å². The third-order valence-electron chi connectivity index (χ3n) is 13.5. The first-order valence-electron chi connectivity index (χ1n) is 20.6. The van der Waals surface area contributed by atoms with Crippen molar-refractivity contribution in [1.82, 2.24) is 0 Å². The number of allylic oxidation sites excluding steroid dienone is 2. The van der Waals surface area contributed by atoms with E-state index in [2.05, 4.69) is 0 Å². The minimum Gasteiger partial charge on any atom is -0.507 e. The Kier molecular flexibility index (Phi) is 9.60. The van der Waals surface area contributed by atoms with E-state index < -0.39 is 46.8 Å². The van der Waals surface area contributed by atoms with E-state index in [9.17, 15) is 14.7 Å². The molecule has 6 aromatic rings. The minimum absolute atomic E-state index is 0.00159. The molecule has 2 saturated heterocycles. The molecule has 0 aromatic heterocycles. The maximum absolute atomic E-state index is 15.6. The second-order valence-electron chi connectivity index (χ2n) is 16.4. The number of imide groups is 2. The second-order valence-corrected chi connectivity index (χ2v) is 16.8. The lowest BCUT2D eigenvalue weighted by molar-refractivity contribution is -0.127. The third-order valence-corrected chi connectivity index (χ3v) is 13.7. The fourth-order valence-corrected chi connectivity index (χ4v) is 10.9. The first kappa shape index (κ1) is 39.2. The molecule has 6 aromatic carbocycles. The number of phenols is 1. The van der Waals surface area contributed by atoms with E-state index in [0.717, 1.165) is 22.1 Å². The molecule has 0 radical (unpaired) electrons. The van der Waals surface area contributed by atoms with E-state index in [1.807, 2.05) is 115 Å². The smallest absolute Gasteiger partial charge is 0.246 e. The summed E-state index contributed by atoms with van der Waals surface area (Å²) in [5.74, 6) is -4.03. The van der Waals surface area contributed by atoms with Gasteiger partial charge in [-0.15, -0.1) is 0 Å². The van der Waals surface area contributed by atoms with Gasteiger partial charge in [0.1, 0.15) is 17.2 Å². The summed E-state index contributed by atoms with van der Waals surface area (Å²) in [6, 6.07) is 40.0. The highest BCUT2D eigenvalue weighted by atomic mass is 35.5. The van der Waals surface area contributed by atoms with Gasteiger partial charge in [-0.2, -0.15) is 0 Å². The van der Waals surface area contributed by atoms with Gasteiger partial charge in [-0.1, -0.05) is 120 Å². The molecule has 4 amide bonds. The number of phenolic OH excluding ortho intramolecular Hbond substituents is 1. The van der Waals surface area contributed by atoms with E-state index in [4.69, 9.17) is 21.1 Å². The first-order chi connectivity index (χ1) is 30.1. The summed E-state index contributed by atoms with van der Waals surface area (Å²) in [5.41, 5.74) is 2.81.